The number of carbonyl (C=O) groups excluding carboxylic acids is 2. The maximum Gasteiger partial charge on any atom is 0.266 e. The number of nitrogens with zero attached hydrogens (tertiary/aromatic N) is 3. The summed E-state index contributed by atoms with van der Waals surface area (Å²) < 4.78 is 6.72. The van der Waals surface area contributed by atoms with Crippen LogP contribution < -0.4 is 10.3 Å². The molecule has 0 atom stereocenters. The maximum absolute atomic E-state index is 13.4. The summed E-state index contributed by atoms with van der Waals surface area (Å²) in [5.41, 5.74) is 1.45. The fraction of sp³-hybridized carbons (Fsp3) is 0.0833. The maximum atomic E-state index is 13.4. The second kappa shape index (κ2) is 7.21. The molecule has 2 heterocycles. The predicted octanol–water partition coefficient (Wildman–Crippen LogP) is 3.19. The number of hydrogen-bond acceptors (Lipinski definition) is 5. The molecular formula is C24H17N3O4. The Morgan fingerprint density at radius 1 is 0.839 bits per heavy atom. The van der Waals surface area contributed by atoms with E-state index in [4.69, 9.17) is 4.74 Å². The van der Waals surface area contributed by atoms with E-state index in [1.165, 1.54) is 4.57 Å². The van der Waals surface area contributed by atoms with Crippen molar-refractivity contribution in [3.05, 3.63) is 100 Å². The fourth-order valence-corrected chi connectivity index (χ4v) is 3.82. The third-order valence-electron chi connectivity index (χ3n) is 5.33. The third-order valence-corrected chi connectivity index (χ3v) is 5.33. The Bertz CT molecular complexity index is 1390. The molecule has 0 radical (unpaired) electrons. The first-order valence-electron chi connectivity index (χ1n) is 9.69. The minimum Gasteiger partial charge on any atom is -0.497 e. The van der Waals surface area contributed by atoms with Gasteiger partial charge < -0.3 is 4.74 Å². The largest absolute Gasteiger partial charge is 0.497 e. The summed E-state index contributed by atoms with van der Waals surface area (Å²) >= 11 is 0. The number of fused-ring (bicyclic) bond motifs is 2. The molecule has 4 aromatic rings. The first-order valence-corrected chi connectivity index (χ1v) is 9.69. The quantitative estimate of drug-likeness (QED) is 0.482. The molecule has 152 valence electrons. The summed E-state index contributed by atoms with van der Waals surface area (Å²) in [7, 11) is 1.54. The van der Waals surface area contributed by atoms with Crippen LogP contribution in [-0.4, -0.2) is 33.4 Å². The predicted molar refractivity (Wildman–Crippen MR) is 115 cm³/mol. The summed E-state index contributed by atoms with van der Waals surface area (Å²) in [6, 6.07) is 20.7. The Kier molecular flexibility index (Phi) is 4.36. The van der Waals surface area contributed by atoms with Crippen LogP contribution in [0.15, 0.2) is 77.6 Å². The van der Waals surface area contributed by atoms with Crippen molar-refractivity contribution >= 4 is 22.7 Å². The van der Waals surface area contributed by atoms with Gasteiger partial charge in [-0.1, -0.05) is 30.3 Å². The minimum absolute atomic E-state index is 0.135. The van der Waals surface area contributed by atoms with Gasteiger partial charge in [0.25, 0.3) is 17.4 Å². The Morgan fingerprint density at radius 2 is 1.52 bits per heavy atom. The molecule has 0 saturated carbocycles. The van der Waals surface area contributed by atoms with Crippen molar-refractivity contribution in [3.63, 3.8) is 0 Å². The highest BCUT2D eigenvalue weighted by molar-refractivity contribution is 6.21. The van der Waals surface area contributed by atoms with Crippen LogP contribution in [0.1, 0.15) is 26.5 Å². The van der Waals surface area contributed by atoms with Gasteiger partial charge in [-0.25, -0.2) is 4.98 Å². The first-order chi connectivity index (χ1) is 15.1. The lowest BCUT2D eigenvalue weighted by Gasteiger charge is -2.18. The molecule has 1 aromatic heterocycles. The van der Waals surface area contributed by atoms with E-state index in [0.717, 1.165) is 4.90 Å². The van der Waals surface area contributed by atoms with E-state index in [0.29, 0.717) is 33.5 Å². The van der Waals surface area contributed by atoms with E-state index in [2.05, 4.69) is 4.98 Å². The molecule has 0 spiro atoms. The molecule has 0 bridgehead atoms. The zero-order valence-electron chi connectivity index (χ0n) is 16.6. The van der Waals surface area contributed by atoms with E-state index in [1.807, 2.05) is 0 Å². The van der Waals surface area contributed by atoms with Gasteiger partial charge in [0.15, 0.2) is 0 Å². The van der Waals surface area contributed by atoms with Crippen LogP contribution in [-0.2, 0) is 6.54 Å². The van der Waals surface area contributed by atoms with Crippen molar-refractivity contribution in [2.24, 2.45) is 0 Å². The van der Waals surface area contributed by atoms with Gasteiger partial charge in [0.1, 0.15) is 11.6 Å². The molecule has 7 nitrogen and oxygen atoms in total. The summed E-state index contributed by atoms with van der Waals surface area (Å²) in [6.45, 7) is -0.135. The molecule has 0 N–H and O–H groups in total. The van der Waals surface area contributed by atoms with Crippen LogP contribution in [0.25, 0.3) is 16.6 Å². The SMILES string of the molecule is COc1cccc(-n2c(CN3C(=O)c4ccccc4C3=O)nc3ccccc3c2=O)c1. The van der Waals surface area contributed by atoms with Crippen molar-refractivity contribution in [3.8, 4) is 11.4 Å². The van der Waals surface area contributed by atoms with Gasteiger partial charge in [-0.3, -0.25) is 23.9 Å². The molecule has 7 heteroatoms. The number of ether oxygens (including phenoxy) is 1. The number of para-hydroxylation sites is 1. The molecule has 2 amide bonds. The lowest BCUT2D eigenvalue weighted by atomic mass is 10.1. The van der Waals surface area contributed by atoms with Gasteiger partial charge in [0.2, 0.25) is 0 Å². The number of aromatic nitrogens is 2. The summed E-state index contributed by atoms with van der Waals surface area (Å²) in [4.78, 5) is 44.9. The van der Waals surface area contributed by atoms with Gasteiger partial charge >= 0.3 is 0 Å². The topological polar surface area (TPSA) is 81.5 Å². The van der Waals surface area contributed by atoms with Gasteiger partial charge in [-0.2, -0.15) is 0 Å². The van der Waals surface area contributed by atoms with Crippen molar-refractivity contribution in [1.29, 1.82) is 0 Å². The highest BCUT2D eigenvalue weighted by Crippen LogP contribution is 2.25. The van der Waals surface area contributed by atoms with Gasteiger partial charge in [0.05, 0.1) is 41.4 Å². The van der Waals surface area contributed by atoms with Crippen LogP contribution in [0.3, 0.4) is 0 Å². The average molecular weight is 411 g/mol. The highest BCUT2D eigenvalue weighted by atomic mass is 16.5. The Morgan fingerprint density at radius 3 is 2.23 bits per heavy atom. The van der Waals surface area contributed by atoms with Crippen LogP contribution in [0.2, 0.25) is 0 Å². The van der Waals surface area contributed by atoms with Crippen molar-refractivity contribution < 1.29 is 14.3 Å². The molecule has 0 unspecified atom stereocenters. The molecule has 0 aliphatic carbocycles. The van der Waals surface area contributed by atoms with E-state index in [-0.39, 0.29) is 17.9 Å². The summed E-state index contributed by atoms with van der Waals surface area (Å²) in [6.07, 6.45) is 0. The van der Waals surface area contributed by atoms with Crippen molar-refractivity contribution in [1.82, 2.24) is 14.5 Å². The molecule has 3 aromatic carbocycles. The van der Waals surface area contributed by atoms with Crippen LogP contribution in [0.5, 0.6) is 5.75 Å². The molecular weight excluding hydrogens is 394 g/mol. The minimum atomic E-state index is -0.403. The molecule has 0 saturated heterocycles. The number of carbonyl (C=O) groups is 2. The molecule has 0 fully saturated rings. The number of amides is 2. The number of methoxy groups -OCH3 is 1. The standard InChI is InChI=1S/C24H17N3O4/c1-31-16-8-6-7-15(13-16)27-21(25-20-12-5-4-11-19(20)24(27)30)14-26-22(28)17-9-2-3-10-18(17)23(26)29/h2-13H,14H2,1H3. The number of benzene rings is 3. The van der Waals surface area contributed by atoms with E-state index < -0.39 is 11.8 Å². The van der Waals surface area contributed by atoms with Crippen LogP contribution >= 0.6 is 0 Å². The lowest BCUT2D eigenvalue weighted by molar-refractivity contribution is 0.0637. The monoisotopic (exact) mass is 411 g/mol. The van der Waals surface area contributed by atoms with Gasteiger partial charge in [0, 0.05) is 6.07 Å². The van der Waals surface area contributed by atoms with Crippen LogP contribution in [0, 0.1) is 0 Å². The molecule has 1 aliphatic rings. The Balaban J connectivity index is 1.69. The van der Waals surface area contributed by atoms with Crippen molar-refractivity contribution in [2.45, 2.75) is 6.54 Å². The number of hydrogen-bond donors (Lipinski definition) is 0. The average Bonchev–Trinajstić information content (AvgIpc) is 3.04. The van der Waals surface area contributed by atoms with Crippen LogP contribution in [0.4, 0.5) is 0 Å². The Hall–Kier alpha value is -4.26. The second-order valence-electron chi connectivity index (χ2n) is 7.13. The summed E-state index contributed by atoms with van der Waals surface area (Å²) in [5.74, 6) is 0.0519. The van der Waals surface area contributed by atoms with E-state index in [1.54, 1.807) is 79.9 Å². The smallest absolute Gasteiger partial charge is 0.266 e. The molecule has 31 heavy (non-hydrogen) atoms. The normalized spacial score (nSPS) is 13.0. The fourth-order valence-electron chi connectivity index (χ4n) is 3.82. The van der Waals surface area contributed by atoms with Gasteiger partial charge in [-0.15, -0.1) is 0 Å². The number of rotatable bonds is 4. The number of imide groups is 1. The zero-order valence-corrected chi connectivity index (χ0v) is 16.6. The lowest BCUT2D eigenvalue weighted by Crippen LogP contribution is -2.33. The van der Waals surface area contributed by atoms with E-state index in [9.17, 15) is 14.4 Å². The Labute approximate surface area is 177 Å². The highest BCUT2D eigenvalue weighted by Gasteiger charge is 2.36. The third kappa shape index (κ3) is 2.98. The second-order valence-corrected chi connectivity index (χ2v) is 7.13. The first kappa shape index (κ1) is 18.7. The van der Waals surface area contributed by atoms with E-state index >= 15 is 0 Å². The summed E-state index contributed by atoms with van der Waals surface area (Å²) in [5, 5.41) is 0.441. The van der Waals surface area contributed by atoms with Gasteiger partial charge in [-0.05, 0) is 36.4 Å². The molecule has 1 aliphatic heterocycles. The van der Waals surface area contributed by atoms with Crippen molar-refractivity contribution in [2.75, 3.05) is 7.11 Å². The zero-order chi connectivity index (χ0) is 21.5. The molecule has 5 rings (SSSR count).